The van der Waals surface area contributed by atoms with Gasteiger partial charge in [0.05, 0.1) is 17.9 Å². The molecule has 0 aliphatic heterocycles. The maximum Gasteiger partial charge on any atom is 0.244 e. The van der Waals surface area contributed by atoms with Gasteiger partial charge in [0.2, 0.25) is 5.91 Å². The van der Waals surface area contributed by atoms with Gasteiger partial charge in [-0.25, -0.2) is 8.78 Å². The number of carbonyl (C=O) groups is 1. The van der Waals surface area contributed by atoms with E-state index in [4.69, 9.17) is 5.73 Å². The van der Waals surface area contributed by atoms with Crippen molar-refractivity contribution < 1.29 is 13.6 Å². The van der Waals surface area contributed by atoms with Crippen molar-refractivity contribution in [1.29, 1.82) is 0 Å². The quantitative estimate of drug-likeness (QED) is 0.936. The summed E-state index contributed by atoms with van der Waals surface area (Å²) in [5.41, 5.74) is 6.77. The van der Waals surface area contributed by atoms with E-state index in [2.05, 4.69) is 4.98 Å². The van der Waals surface area contributed by atoms with Gasteiger partial charge in [0.25, 0.3) is 0 Å². The maximum atomic E-state index is 13.1. The average Bonchev–Trinajstić information content (AvgIpc) is 2.45. The van der Waals surface area contributed by atoms with Crippen molar-refractivity contribution in [3.8, 4) is 0 Å². The van der Waals surface area contributed by atoms with Crippen LogP contribution in [0.1, 0.15) is 5.56 Å². The van der Waals surface area contributed by atoms with Gasteiger partial charge in [-0.3, -0.25) is 9.78 Å². The third-order valence-electron chi connectivity index (χ3n) is 3.06. The van der Waals surface area contributed by atoms with Crippen LogP contribution in [0.2, 0.25) is 0 Å². The van der Waals surface area contributed by atoms with Gasteiger partial charge in [0.1, 0.15) is 11.6 Å². The molecule has 0 aliphatic rings. The Hall–Kier alpha value is -2.34. The molecule has 110 valence electrons. The lowest BCUT2D eigenvalue weighted by molar-refractivity contribution is -0.119. The molecule has 0 unspecified atom stereocenters. The zero-order valence-electron chi connectivity index (χ0n) is 11.5. The van der Waals surface area contributed by atoms with Crippen LogP contribution in [-0.4, -0.2) is 24.0 Å². The van der Waals surface area contributed by atoms with Crippen LogP contribution in [-0.2, 0) is 11.2 Å². The largest absolute Gasteiger partial charge is 0.320 e. The minimum atomic E-state index is -0.892. The molecule has 1 aromatic heterocycles. The molecule has 1 aromatic carbocycles. The molecule has 0 aliphatic carbocycles. The van der Waals surface area contributed by atoms with Crippen LogP contribution in [0.5, 0.6) is 0 Å². The van der Waals surface area contributed by atoms with Crippen LogP contribution in [0.15, 0.2) is 42.7 Å². The highest BCUT2D eigenvalue weighted by atomic mass is 19.1. The number of halogens is 2. The van der Waals surface area contributed by atoms with E-state index in [1.54, 1.807) is 25.4 Å². The molecule has 1 atom stereocenters. The number of likely N-dealkylation sites (N-methyl/N-ethyl adjacent to an activating group) is 1. The fourth-order valence-electron chi connectivity index (χ4n) is 2.00. The zero-order chi connectivity index (χ0) is 15.4. The number of hydrogen-bond donors (Lipinski definition) is 1. The van der Waals surface area contributed by atoms with Crippen LogP contribution in [0, 0.1) is 11.6 Å². The molecule has 2 N–H and O–H groups in total. The number of anilines is 1. The fraction of sp³-hybridized carbons (Fsp3) is 0.200. The number of pyridine rings is 1. The van der Waals surface area contributed by atoms with Crippen LogP contribution in [0.4, 0.5) is 14.5 Å². The average molecular weight is 291 g/mol. The number of rotatable bonds is 4. The monoisotopic (exact) mass is 291 g/mol. The van der Waals surface area contributed by atoms with Gasteiger partial charge in [-0.05, 0) is 36.2 Å². The lowest BCUT2D eigenvalue weighted by Gasteiger charge is -2.21. The van der Waals surface area contributed by atoms with Crippen molar-refractivity contribution in [2.24, 2.45) is 5.73 Å². The number of benzene rings is 1. The Balaban J connectivity index is 2.09. The van der Waals surface area contributed by atoms with E-state index in [1.165, 1.54) is 23.2 Å². The Labute approximate surface area is 121 Å². The molecule has 0 spiro atoms. The van der Waals surface area contributed by atoms with Crippen molar-refractivity contribution in [2.45, 2.75) is 12.5 Å². The SMILES string of the molecule is CN(C(=O)[C@@H](N)Cc1cc(F)cc(F)c1)c1cccnc1. The maximum absolute atomic E-state index is 13.1. The summed E-state index contributed by atoms with van der Waals surface area (Å²) in [5.74, 6) is -1.73. The molecular weight excluding hydrogens is 276 g/mol. The molecule has 21 heavy (non-hydrogen) atoms. The first-order valence-corrected chi connectivity index (χ1v) is 6.35. The van der Waals surface area contributed by atoms with Crippen molar-refractivity contribution in [2.75, 3.05) is 11.9 Å². The predicted molar refractivity (Wildman–Crippen MR) is 75.7 cm³/mol. The predicted octanol–water partition coefficient (Wildman–Crippen LogP) is 1.89. The van der Waals surface area contributed by atoms with E-state index >= 15 is 0 Å². The summed E-state index contributed by atoms with van der Waals surface area (Å²) in [6.45, 7) is 0. The Morgan fingerprint density at radius 2 is 2.00 bits per heavy atom. The molecule has 0 bridgehead atoms. The van der Waals surface area contributed by atoms with Gasteiger partial charge in [-0.2, -0.15) is 0 Å². The first-order chi connectivity index (χ1) is 9.97. The zero-order valence-corrected chi connectivity index (χ0v) is 11.5. The van der Waals surface area contributed by atoms with E-state index in [9.17, 15) is 13.6 Å². The van der Waals surface area contributed by atoms with Crippen LogP contribution >= 0.6 is 0 Å². The minimum absolute atomic E-state index is 0.0537. The summed E-state index contributed by atoms with van der Waals surface area (Å²) >= 11 is 0. The Bertz CT molecular complexity index is 614. The Kier molecular flexibility index (Phi) is 4.59. The minimum Gasteiger partial charge on any atom is -0.320 e. The molecule has 0 radical (unpaired) electrons. The number of nitrogens with zero attached hydrogens (tertiary/aromatic N) is 2. The molecular formula is C15H15F2N3O. The lowest BCUT2D eigenvalue weighted by atomic mass is 10.1. The van der Waals surface area contributed by atoms with Gasteiger partial charge < -0.3 is 10.6 Å². The topological polar surface area (TPSA) is 59.2 Å². The standard InChI is InChI=1S/C15H15F2N3O/c1-20(13-3-2-4-19-9-13)15(21)14(18)7-10-5-11(16)8-12(17)6-10/h2-6,8-9,14H,7,18H2,1H3/t14-/m0/s1. The summed E-state index contributed by atoms with van der Waals surface area (Å²) in [6, 6.07) is 5.64. The number of amides is 1. The van der Waals surface area contributed by atoms with Crippen molar-refractivity contribution in [3.05, 3.63) is 59.9 Å². The number of hydrogen-bond acceptors (Lipinski definition) is 3. The van der Waals surface area contributed by atoms with Gasteiger partial charge in [0, 0.05) is 19.3 Å². The molecule has 6 heteroatoms. The normalized spacial score (nSPS) is 12.0. The van der Waals surface area contributed by atoms with E-state index in [1.807, 2.05) is 0 Å². The van der Waals surface area contributed by atoms with Gasteiger partial charge in [-0.1, -0.05) is 0 Å². The second kappa shape index (κ2) is 6.41. The highest BCUT2D eigenvalue weighted by Crippen LogP contribution is 2.13. The number of aromatic nitrogens is 1. The molecule has 0 saturated heterocycles. The van der Waals surface area contributed by atoms with Gasteiger partial charge >= 0.3 is 0 Å². The summed E-state index contributed by atoms with van der Waals surface area (Å²) in [5, 5.41) is 0. The van der Waals surface area contributed by atoms with E-state index in [0.29, 0.717) is 11.3 Å². The first-order valence-electron chi connectivity index (χ1n) is 6.35. The van der Waals surface area contributed by atoms with E-state index < -0.39 is 17.7 Å². The highest BCUT2D eigenvalue weighted by molar-refractivity contribution is 5.96. The third-order valence-corrected chi connectivity index (χ3v) is 3.06. The van der Waals surface area contributed by atoms with Gasteiger partial charge in [-0.15, -0.1) is 0 Å². The highest BCUT2D eigenvalue weighted by Gasteiger charge is 2.20. The van der Waals surface area contributed by atoms with E-state index in [-0.39, 0.29) is 12.3 Å². The first kappa shape index (κ1) is 15.1. The second-order valence-corrected chi connectivity index (χ2v) is 4.70. The summed E-state index contributed by atoms with van der Waals surface area (Å²) in [4.78, 5) is 17.5. The summed E-state index contributed by atoms with van der Waals surface area (Å²) in [6.07, 6.45) is 3.18. The van der Waals surface area contributed by atoms with Crippen molar-refractivity contribution >= 4 is 11.6 Å². The van der Waals surface area contributed by atoms with Gasteiger partial charge in [0.15, 0.2) is 0 Å². The molecule has 0 saturated carbocycles. The molecule has 2 rings (SSSR count). The number of carbonyl (C=O) groups excluding carboxylic acids is 1. The molecule has 4 nitrogen and oxygen atoms in total. The summed E-state index contributed by atoms with van der Waals surface area (Å²) in [7, 11) is 1.57. The summed E-state index contributed by atoms with van der Waals surface area (Å²) < 4.78 is 26.2. The molecule has 2 aromatic rings. The molecule has 1 amide bonds. The molecule has 0 fully saturated rings. The van der Waals surface area contributed by atoms with Crippen LogP contribution in [0.3, 0.4) is 0 Å². The van der Waals surface area contributed by atoms with Crippen LogP contribution < -0.4 is 10.6 Å². The van der Waals surface area contributed by atoms with Crippen molar-refractivity contribution in [3.63, 3.8) is 0 Å². The second-order valence-electron chi connectivity index (χ2n) is 4.70. The van der Waals surface area contributed by atoms with E-state index in [0.717, 1.165) is 6.07 Å². The van der Waals surface area contributed by atoms with Crippen LogP contribution in [0.25, 0.3) is 0 Å². The lowest BCUT2D eigenvalue weighted by Crippen LogP contribution is -2.43. The molecule has 1 heterocycles. The fourth-order valence-corrected chi connectivity index (χ4v) is 2.00. The Morgan fingerprint density at radius 1 is 1.33 bits per heavy atom. The number of nitrogens with two attached hydrogens (primary N) is 1. The van der Waals surface area contributed by atoms with Crippen molar-refractivity contribution in [1.82, 2.24) is 4.98 Å². The Morgan fingerprint density at radius 3 is 2.57 bits per heavy atom. The third kappa shape index (κ3) is 3.82. The smallest absolute Gasteiger partial charge is 0.244 e.